The lowest BCUT2D eigenvalue weighted by Crippen LogP contribution is -2.48. The maximum atomic E-state index is 12.3. The molecule has 0 aromatic heterocycles. The second-order valence-corrected chi connectivity index (χ2v) is 6.80. The average molecular weight is 320 g/mol. The predicted molar refractivity (Wildman–Crippen MR) is 72.6 cm³/mol. The fourth-order valence-corrected chi connectivity index (χ4v) is 4.00. The van der Waals surface area contributed by atoms with Gasteiger partial charge in [0.05, 0.1) is 11.1 Å². The molecule has 1 aliphatic heterocycles. The van der Waals surface area contributed by atoms with Crippen molar-refractivity contribution in [3.05, 3.63) is 28.2 Å². The van der Waals surface area contributed by atoms with Crippen molar-refractivity contribution in [1.29, 1.82) is 5.26 Å². The van der Waals surface area contributed by atoms with Crippen LogP contribution in [0.5, 0.6) is 0 Å². The largest absolute Gasteiger partial charge is 0.314 e. The van der Waals surface area contributed by atoms with Crippen LogP contribution in [-0.4, -0.2) is 27.0 Å². The van der Waals surface area contributed by atoms with E-state index in [1.54, 1.807) is 0 Å². The van der Waals surface area contributed by atoms with E-state index in [0.29, 0.717) is 13.0 Å². The molecule has 0 saturated carbocycles. The summed E-state index contributed by atoms with van der Waals surface area (Å²) in [4.78, 5) is -0.122. The molecule has 0 amide bonds. The summed E-state index contributed by atoms with van der Waals surface area (Å²) < 4.78 is 27.0. The van der Waals surface area contributed by atoms with E-state index in [1.165, 1.54) is 18.2 Å². The molecular weight excluding hydrogens is 309 g/mol. The third-order valence-electron chi connectivity index (χ3n) is 2.88. The van der Waals surface area contributed by atoms with E-state index in [0.717, 1.165) is 0 Å². The van der Waals surface area contributed by atoms with E-state index >= 15 is 0 Å². The number of benzene rings is 1. The summed E-state index contributed by atoms with van der Waals surface area (Å²) in [5, 5.41) is 12.5. The van der Waals surface area contributed by atoms with Crippen LogP contribution in [0.15, 0.2) is 23.1 Å². The average Bonchev–Trinajstić information content (AvgIpc) is 2.80. The van der Waals surface area contributed by atoms with Crippen LogP contribution < -0.4 is 10.0 Å². The monoisotopic (exact) mass is 319 g/mol. The smallest absolute Gasteiger partial charge is 0.243 e. The summed E-state index contributed by atoms with van der Waals surface area (Å²) in [5.41, 5.74) is -1.13. The zero-order chi connectivity index (χ0) is 14.1. The molecule has 1 fully saturated rings. The van der Waals surface area contributed by atoms with Crippen molar-refractivity contribution in [2.24, 2.45) is 0 Å². The van der Waals surface area contributed by atoms with E-state index in [4.69, 9.17) is 23.2 Å². The van der Waals surface area contributed by atoms with Gasteiger partial charge in [0, 0.05) is 11.6 Å². The number of hydrogen-bond acceptors (Lipinski definition) is 4. The summed E-state index contributed by atoms with van der Waals surface area (Å²) in [6.45, 7) is 0.847. The van der Waals surface area contributed by atoms with E-state index in [2.05, 4.69) is 10.0 Å². The Hall–Kier alpha value is -0.840. The Kier molecular flexibility index (Phi) is 4.04. The van der Waals surface area contributed by atoms with Gasteiger partial charge in [-0.15, -0.1) is 0 Å². The Bertz CT molecular complexity index is 634. The minimum atomic E-state index is -3.90. The van der Waals surface area contributed by atoms with Crippen molar-refractivity contribution in [3.63, 3.8) is 0 Å². The van der Waals surface area contributed by atoms with Gasteiger partial charge in [-0.3, -0.25) is 0 Å². The molecule has 19 heavy (non-hydrogen) atoms. The molecule has 0 unspecified atom stereocenters. The number of hydrogen-bond donors (Lipinski definition) is 2. The highest BCUT2D eigenvalue weighted by Crippen LogP contribution is 2.27. The maximum Gasteiger partial charge on any atom is 0.243 e. The molecule has 5 nitrogen and oxygen atoms in total. The van der Waals surface area contributed by atoms with Crippen LogP contribution in [0.1, 0.15) is 6.42 Å². The summed E-state index contributed by atoms with van der Waals surface area (Å²) in [6.07, 6.45) is 0.404. The van der Waals surface area contributed by atoms with Crippen molar-refractivity contribution >= 4 is 33.2 Å². The Morgan fingerprint density at radius 2 is 2.16 bits per heavy atom. The topological polar surface area (TPSA) is 82.0 Å². The minimum absolute atomic E-state index is 0.0657. The van der Waals surface area contributed by atoms with Gasteiger partial charge >= 0.3 is 0 Å². The van der Waals surface area contributed by atoms with Crippen molar-refractivity contribution < 1.29 is 8.42 Å². The molecule has 1 heterocycles. The highest BCUT2D eigenvalue weighted by molar-refractivity contribution is 7.89. The van der Waals surface area contributed by atoms with E-state index in [1.807, 2.05) is 6.07 Å². The number of nitrogens with zero attached hydrogens (tertiary/aromatic N) is 1. The van der Waals surface area contributed by atoms with Gasteiger partial charge in [-0.25, -0.2) is 8.42 Å². The highest BCUT2D eigenvalue weighted by atomic mass is 35.5. The molecule has 0 spiro atoms. The zero-order valence-electron chi connectivity index (χ0n) is 9.78. The minimum Gasteiger partial charge on any atom is -0.314 e. The first kappa shape index (κ1) is 14.6. The molecule has 1 aromatic rings. The summed E-state index contributed by atoms with van der Waals surface area (Å²) >= 11 is 11.7. The zero-order valence-corrected chi connectivity index (χ0v) is 12.1. The Labute approximate surface area is 121 Å². The van der Waals surface area contributed by atoms with Crippen LogP contribution in [0.2, 0.25) is 10.0 Å². The van der Waals surface area contributed by atoms with Crippen LogP contribution >= 0.6 is 23.2 Å². The van der Waals surface area contributed by atoms with Gasteiger partial charge in [0.15, 0.2) is 0 Å². The third kappa shape index (κ3) is 3.02. The summed E-state index contributed by atoms with van der Waals surface area (Å²) in [7, 11) is -3.90. The molecule has 2 N–H and O–H groups in total. The highest BCUT2D eigenvalue weighted by Gasteiger charge is 2.38. The second-order valence-electron chi connectivity index (χ2n) is 4.30. The van der Waals surface area contributed by atoms with Crippen molar-refractivity contribution in [2.45, 2.75) is 16.9 Å². The number of halogens is 2. The standard InChI is InChI=1S/C11H11Cl2N3O2S/c12-8-1-2-9(13)10(5-8)19(17,18)16-11(6-14)3-4-15-7-11/h1-2,5,15-16H,3-4,7H2/t11-/m0/s1. The molecule has 2 rings (SSSR count). The van der Waals surface area contributed by atoms with Crippen molar-refractivity contribution in [2.75, 3.05) is 13.1 Å². The van der Waals surface area contributed by atoms with Crippen LogP contribution in [0.25, 0.3) is 0 Å². The van der Waals surface area contributed by atoms with Crippen molar-refractivity contribution in [1.82, 2.24) is 10.0 Å². The van der Waals surface area contributed by atoms with E-state index < -0.39 is 15.6 Å². The number of sulfonamides is 1. The Morgan fingerprint density at radius 3 is 2.74 bits per heavy atom. The lowest BCUT2D eigenvalue weighted by Gasteiger charge is -2.21. The first-order valence-electron chi connectivity index (χ1n) is 5.50. The van der Waals surface area contributed by atoms with Crippen LogP contribution in [0.3, 0.4) is 0 Å². The quantitative estimate of drug-likeness (QED) is 0.885. The number of nitriles is 1. The first-order chi connectivity index (χ1) is 8.88. The molecule has 102 valence electrons. The van der Waals surface area contributed by atoms with Gasteiger partial charge in [0.1, 0.15) is 10.4 Å². The summed E-state index contributed by atoms with van der Waals surface area (Å²) in [6, 6.07) is 6.18. The molecule has 8 heteroatoms. The fourth-order valence-electron chi connectivity index (χ4n) is 1.89. The van der Waals surface area contributed by atoms with Crippen LogP contribution in [0.4, 0.5) is 0 Å². The lowest BCUT2D eigenvalue weighted by atomic mass is 10.0. The third-order valence-corrected chi connectivity index (χ3v) is 5.13. The second kappa shape index (κ2) is 5.27. The molecule has 1 saturated heterocycles. The van der Waals surface area contributed by atoms with Gasteiger partial charge in [-0.1, -0.05) is 23.2 Å². The van der Waals surface area contributed by atoms with Crippen molar-refractivity contribution in [3.8, 4) is 6.07 Å². The number of rotatable bonds is 3. The molecule has 0 aliphatic carbocycles. The molecule has 0 radical (unpaired) electrons. The summed E-state index contributed by atoms with van der Waals surface area (Å²) in [5.74, 6) is 0. The van der Waals surface area contributed by atoms with Gasteiger partial charge in [-0.05, 0) is 31.2 Å². The Morgan fingerprint density at radius 1 is 1.42 bits per heavy atom. The number of nitrogens with one attached hydrogen (secondary N) is 2. The fraction of sp³-hybridized carbons (Fsp3) is 0.364. The normalized spacial score (nSPS) is 23.2. The predicted octanol–water partition coefficient (Wildman–Crippen LogP) is 1.53. The van der Waals surface area contributed by atoms with Gasteiger partial charge in [-0.2, -0.15) is 9.98 Å². The SMILES string of the molecule is N#C[C@@]1(NS(=O)(=O)c2cc(Cl)ccc2Cl)CCNC1. The van der Waals surface area contributed by atoms with E-state index in [-0.39, 0.29) is 21.5 Å². The maximum absolute atomic E-state index is 12.3. The molecule has 1 aromatic carbocycles. The lowest BCUT2D eigenvalue weighted by molar-refractivity contribution is 0.506. The molecular formula is C11H11Cl2N3O2S. The van der Waals surface area contributed by atoms with Gasteiger partial charge in [0.25, 0.3) is 0 Å². The van der Waals surface area contributed by atoms with Gasteiger partial charge < -0.3 is 5.32 Å². The van der Waals surface area contributed by atoms with Crippen LogP contribution in [-0.2, 0) is 10.0 Å². The Balaban J connectivity index is 2.38. The molecule has 0 bridgehead atoms. The first-order valence-corrected chi connectivity index (χ1v) is 7.73. The molecule has 1 atom stereocenters. The van der Waals surface area contributed by atoms with Crippen LogP contribution in [0, 0.1) is 11.3 Å². The van der Waals surface area contributed by atoms with Gasteiger partial charge in [0.2, 0.25) is 10.0 Å². The van der Waals surface area contributed by atoms with E-state index in [9.17, 15) is 13.7 Å². The molecule has 1 aliphatic rings.